The third-order valence-corrected chi connectivity index (χ3v) is 3.56. The first kappa shape index (κ1) is 17.7. The molecule has 0 aliphatic rings. The molecule has 2 aromatic carbocycles. The molecule has 2 rings (SSSR count). The molecule has 0 bridgehead atoms. The molecule has 128 valence electrons. The lowest BCUT2D eigenvalue weighted by Gasteiger charge is -2.18. The minimum Gasteiger partial charge on any atom is -0.497 e. The van der Waals surface area contributed by atoms with Gasteiger partial charge < -0.3 is 19.1 Å². The summed E-state index contributed by atoms with van der Waals surface area (Å²) in [5.41, 5.74) is 1.19. The molecule has 1 amide bonds. The Morgan fingerprint density at radius 3 is 2.08 bits per heavy atom. The van der Waals surface area contributed by atoms with E-state index in [4.69, 9.17) is 14.2 Å². The Morgan fingerprint density at radius 1 is 0.917 bits per heavy atom. The number of hydrogen-bond acceptors (Lipinski definition) is 4. The van der Waals surface area contributed by atoms with Crippen LogP contribution in [0.3, 0.4) is 0 Å². The van der Waals surface area contributed by atoms with E-state index >= 15 is 0 Å². The van der Waals surface area contributed by atoms with Crippen LogP contribution < -0.4 is 14.2 Å². The van der Waals surface area contributed by atoms with Crippen molar-refractivity contribution in [3.05, 3.63) is 54.1 Å². The Hall–Kier alpha value is -2.69. The van der Waals surface area contributed by atoms with Gasteiger partial charge >= 0.3 is 0 Å². The second-order valence-corrected chi connectivity index (χ2v) is 5.44. The van der Waals surface area contributed by atoms with Gasteiger partial charge in [0, 0.05) is 7.05 Å². The van der Waals surface area contributed by atoms with Crippen molar-refractivity contribution in [1.82, 2.24) is 4.90 Å². The maximum Gasteiger partial charge on any atom is 0.260 e. The zero-order valence-corrected chi connectivity index (χ0v) is 14.3. The molecule has 2 aromatic rings. The van der Waals surface area contributed by atoms with Crippen LogP contribution in [0.4, 0.5) is 0 Å². The summed E-state index contributed by atoms with van der Waals surface area (Å²) >= 11 is 0. The van der Waals surface area contributed by atoms with Crippen LogP contribution in [-0.4, -0.2) is 44.7 Å². The van der Waals surface area contributed by atoms with Gasteiger partial charge in [0.15, 0.2) is 6.61 Å². The molecule has 5 heteroatoms. The standard InChI is InChI=1S/C19H23NO4/c1-15-4-6-17(7-5-15)23-13-12-20(2)19(21)14-24-18-10-8-16(22-3)9-11-18/h4-11H,12-14H2,1-3H3. The van der Waals surface area contributed by atoms with Crippen LogP contribution in [0.15, 0.2) is 48.5 Å². The summed E-state index contributed by atoms with van der Waals surface area (Å²) in [5.74, 6) is 2.08. The van der Waals surface area contributed by atoms with Crippen molar-refractivity contribution >= 4 is 5.91 Å². The second-order valence-electron chi connectivity index (χ2n) is 5.44. The van der Waals surface area contributed by atoms with E-state index in [1.165, 1.54) is 5.56 Å². The van der Waals surface area contributed by atoms with Gasteiger partial charge in [-0.2, -0.15) is 0 Å². The van der Waals surface area contributed by atoms with Crippen molar-refractivity contribution in [2.45, 2.75) is 6.92 Å². The number of carbonyl (C=O) groups excluding carboxylic acids is 1. The van der Waals surface area contributed by atoms with Crippen molar-refractivity contribution in [2.75, 3.05) is 33.9 Å². The fourth-order valence-electron chi connectivity index (χ4n) is 1.99. The minimum absolute atomic E-state index is 0.00659. The van der Waals surface area contributed by atoms with Crippen LogP contribution in [0.1, 0.15) is 5.56 Å². The molecular formula is C19H23NO4. The molecule has 0 radical (unpaired) electrons. The SMILES string of the molecule is COc1ccc(OCC(=O)N(C)CCOc2ccc(C)cc2)cc1. The van der Waals surface area contributed by atoms with E-state index in [-0.39, 0.29) is 12.5 Å². The summed E-state index contributed by atoms with van der Waals surface area (Å²) in [5, 5.41) is 0. The van der Waals surface area contributed by atoms with E-state index in [1.807, 2.05) is 31.2 Å². The first-order chi connectivity index (χ1) is 11.6. The van der Waals surface area contributed by atoms with E-state index in [0.717, 1.165) is 11.5 Å². The highest BCUT2D eigenvalue weighted by molar-refractivity contribution is 5.77. The van der Waals surface area contributed by atoms with E-state index in [1.54, 1.807) is 43.3 Å². The van der Waals surface area contributed by atoms with Gasteiger partial charge in [-0.3, -0.25) is 4.79 Å². The molecule has 0 saturated carbocycles. The Balaban J connectivity index is 1.70. The molecule has 0 aromatic heterocycles. The van der Waals surface area contributed by atoms with E-state index in [0.29, 0.717) is 18.9 Å². The number of methoxy groups -OCH3 is 1. The lowest BCUT2D eigenvalue weighted by atomic mass is 10.2. The average molecular weight is 329 g/mol. The fourth-order valence-corrected chi connectivity index (χ4v) is 1.99. The largest absolute Gasteiger partial charge is 0.497 e. The van der Waals surface area contributed by atoms with Gasteiger partial charge in [-0.25, -0.2) is 0 Å². The van der Waals surface area contributed by atoms with Crippen LogP contribution in [0.25, 0.3) is 0 Å². The van der Waals surface area contributed by atoms with Crippen LogP contribution in [0.5, 0.6) is 17.2 Å². The third kappa shape index (κ3) is 5.50. The predicted octanol–water partition coefficient (Wildman–Crippen LogP) is 2.92. The predicted molar refractivity (Wildman–Crippen MR) is 92.8 cm³/mol. The van der Waals surface area contributed by atoms with Gasteiger partial charge in [-0.15, -0.1) is 0 Å². The molecule has 0 heterocycles. The maximum atomic E-state index is 12.0. The van der Waals surface area contributed by atoms with Gasteiger partial charge in [-0.1, -0.05) is 17.7 Å². The zero-order chi connectivity index (χ0) is 17.4. The Bertz CT molecular complexity index is 637. The first-order valence-electron chi connectivity index (χ1n) is 7.79. The Labute approximate surface area is 142 Å². The van der Waals surface area contributed by atoms with Crippen LogP contribution in [-0.2, 0) is 4.79 Å². The summed E-state index contributed by atoms with van der Waals surface area (Å²) in [7, 11) is 3.34. The normalized spacial score (nSPS) is 10.1. The molecule has 5 nitrogen and oxygen atoms in total. The summed E-state index contributed by atoms with van der Waals surface area (Å²) < 4.78 is 16.2. The van der Waals surface area contributed by atoms with Gasteiger partial charge in [-0.05, 0) is 43.3 Å². The lowest BCUT2D eigenvalue weighted by Crippen LogP contribution is -2.34. The van der Waals surface area contributed by atoms with Crippen molar-refractivity contribution in [1.29, 1.82) is 0 Å². The second kappa shape index (κ2) is 8.82. The number of amides is 1. The van der Waals surface area contributed by atoms with Crippen LogP contribution >= 0.6 is 0 Å². The molecule has 0 aliphatic carbocycles. The molecule has 0 saturated heterocycles. The molecule has 0 N–H and O–H groups in total. The van der Waals surface area contributed by atoms with Gasteiger partial charge in [0.05, 0.1) is 13.7 Å². The minimum atomic E-state index is -0.0988. The number of nitrogens with zero attached hydrogens (tertiary/aromatic N) is 1. The molecule has 24 heavy (non-hydrogen) atoms. The molecule has 0 fully saturated rings. The highest BCUT2D eigenvalue weighted by atomic mass is 16.5. The van der Waals surface area contributed by atoms with E-state index < -0.39 is 0 Å². The van der Waals surface area contributed by atoms with Gasteiger partial charge in [0.25, 0.3) is 5.91 Å². The summed E-state index contributed by atoms with van der Waals surface area (Å²) in [6.45, 7) is 2.96. The molecular weight excluding hydrogens is 306 g/mol. The maximum absolute atomic E-state index is 12.0. The Kier molecular flexibility index (Phi) is 6.49. The van der Waals surface area contributed by atoms with Crippen molar-refractivity contribution in [3.8, 4) is 17.2 Å². The topological polar surface area (TPSA) is 48.0 Å². The number of hydrogen-bond donors (Lipinski definition) is 0. The van der Waals surface area contributed by atoms with Gasteiger partial charge in [0.2, 0.25) is 0 Å². The molecule has 0 unspecified atom stereocenters. The number of ether oxygens (including phenoxy) is 3. The third-order valence-electron chi connectivity index (χ3n) is 3.56. The average Bonchev–Trinajstić information content (AvgIpc) is 2.61. The van der Waals surface area contributed by atoms with Crippen molar-refractivity contribution in [2.24, 2.45) is 0 Å². The zero-order valence-electron chi connectivity index (χ0n) is 14.3. The van der Waals surface area contributed by atoms with Crippen molar-refractivity contribution in [3.63, 3.8) is 0 Å². The first-order valence-corrected chi connectivity index (χ1v) is 7.79. The van der Waals surface area contributed by atoms with Crippen molar-refractivity contribution < 1.29 is 19.0 Å². The number of rotatable bonds is 8. The monoisotopic (exact) mass is 329 g/mol. The summed E-state index contributed by atoms with van der Waals surface area (Å²) in [4.78, 5) is 13.6. The Morgan fingerprint density at radius 2 is 1.46 bits per heavy atom. The molecule has 0 atom stereocenters. The summed E-state index contributed by atoms with van der Waals surface area (Å²) in [6.07, 6.45) is 0. The number of benzene rings is 2. The number of likely N-dealkylation sites (N-methyl/N-ethyl adjacent to an activating group) is 1. The number of carbonyl (C=O) groups is 1. The quantitative estimate of drug-likeness (QED) is 0.747. The van der Waals surface area contributed by atoms with E-state index in [2.05, 4.69) is 0 Å². The highest BCUT2D eigenvalue weighted by Gasteiger charge is 2.09. The van der Waals surface area contributed by atoms with Crippen LogP contribution in [0, 0.1) is 6.92 Å². The fraction of sp³-hybridized carbons (Fsp3) is 0.316. The van der Waals surface area contributed by atoms with Gasteiger partial charge in [0.1, 0.15) is 23.9 Å². The summed E-state index contributed by atoms with van der Waals surface area (Å²) in [6, 6.07) is 14.9. The molecule has 0 spiro atoms. The van der Waals surface area contributed by atoms with E-state index in [9.17, 15) is 4.79 Å². The highest BCUT2D eigenvalue weighted by Crippen LogP contribution is 2.17. The number of aryl methyl sites for hydroxylation is 1. The molecule has 0 aliphatic heterocycles. The lowest BCUT2D eigenvalue weighted by molar-refractivity contribution is -0.132. The smallest absolute Gasteiger partial charge is 0.260 e. The van der Waals surface area contributed by atoms with Crippen LogP contribution in [0.2, 0.25) is 0 Å².